The number of alkyl carbamates (subject to hydrolysis) is 1. The lowest BCUT2D eigenvalue weighted by Crippen LogP contribution is -2.58. The summed E-state index contributed by atoms with van der Waals surface area (Å²) in [5.41, 5.74) is 0.548. The van der Waals surface area contributed by atoms with Crippen LogP contribution in [0.2, 0.25) is 0 Å². The minimum Gasteiger partial charge on any atom is -0.461 e. The van der Waals surface area contributed by atoms with Crippen LogP contribution in [0.4, 0.5) is 13.6 Å². The first kappa shape index (κ1) is 30.7. The summed E-state index contributed by atoms with van der Waals surface area (Å²) in [6.45, 7) is 6.65. The van der Waals surface area contributed by atoms with Gasteiger partial charge in [0.2, 0.25) is 0 Å². The van der Waals surface area contributed by atoms with Crippen molar-refractivity contribution in [3.63, 3.8) is 0 Å². The van der Waals surface area contributed by atoms with E-state index in [0.717, 1.165) is 5.56 Å². The molecule has 8 nitrogen and oxygen atoms in total. The van der Waals surface area contributed by atoms with E-state index in [1.807, 2.05) is 51.1 Å². The summed E-state index contributed by atoms with van der Waals surface area (Å²) in [5, 5.41) is 9.10. The Morgan fingerprint density at radius 2 is 1.68 bits per heavy atom. The fourth-order valence-corrected chi connectivity index (χ4v) is 4.45. The van der Waals surface area contributed by atoms with E-state index in [1.165, 1.54) is 12.4 Å². The second kappa shape index (κ2) is 13.0. The molecule has 0 saturated carbocycles. The van der Waals surface area contributed by atoms with E-state index in [0.29, 0.717) is 21.4 Å². The topological polar surface area (TPSA) is 94.5 Å². The van der Waals surface area contributed by atoms with E-state index in [-0.39, 0.29) is 18.1 Å². The van der Waals surface area contributed by atoms with Gasteiger partial charge in [-0.05, 0) is 54.6 Å². The second-order valence-electron chi connectivity index (χ2n) is 10.8. The van der Waals surface area contributed by atoms with Gasteiger partial charge in [0, 0.05) is 11.8 Å². The number of amides is 1. The van der Waals surface area contributed by atoms with Crippen molar-refractivity contribution in [1.29, 1.82) is 0 Å². The molecule has 1 atom stereocenters. The summed E-state index contributed by atoms with van der Waals surface area (Å²) in [5.74, 6) is -0.586. The van der Waals surface area contributed by atoms with Crippen molar-refractivity contribution in [2.45, 2.75) is 65.8 Å². The van der Waals surface area contributed by atoms with Gasteiger partial charge in [-0.25, -0.2) is 14.3 Å². The maximum atomic E-state index is 13.7. The summed E-state index contributed by atoms with van der Waals surface area (Å²) in [6.07, 6.45) is 1.62. The minimum atomic E-state index is -2.75. The summed E-state index contributed by atoms with van der Waals surface area (Å²) in [6, 6.07) is 16.0. The molecule has 3 rings (SSSR count). The van der Waals surface area contributed by atoms with Crippen LogP contribution in [-0.2, 0) is 26.4 Å². The van der Waals surface area contributed by atoms with Crippen molar-refractivity contribution in [3.8, 4) is 11.1 Å². The zero-order chi connectivity index (χ0) is 29.5. The summed E-state index contributed by atoms with van der Waals surface area (Å²) < 4.78 is 37.5. The van der Waals surface area contributed by atoms with Crippen LogP contribution < -0.4 is 10.6 Å². The first-order valence-corrected chi connectivity index (χ1v) is 13.1. The third-order valence-corrected chi connectivity index (χ3v) is 5.96. The first-order valence-electron chi connectivity index (χ1n) is 12.7. The van der Waals surface area contributed by atoms with Crippen molar-refractivity contribution < 1.29 is 27.8 Å². The van der Waals surface area contributed by atoms with Crippen LogP contribution in [0.5, 0.6) is 0 Å². The lowest BCUT2D eigenvalue weighted by atomic mass is 9.75. The van der Waals surface area contributed by atoms with Gasteiger partial charge < -0.3 is 14.8 Å². The van der Waals surface area contributed by atoms with Crippen molar-refractivity contribution >= 4 is 29.4 Å². The summed E-state index contributed by atoms with van der Waals surface area (Å²) >= 11 is 5.45. The quantitative estimate of drug-likeness (QED) is 0.229. The van der Waals surface area contributed by atoms with Gasteiger partial charge in [-0.2, -0.15) is 13.9 Å². The molecule has 0 spiro atoms. The molecule has 2 N–H and O–H groups in total. The molecule has 0 aliphatic heterocycles. The second-order valence-corrected chi connectivity index (χ2v) is 11.2. The van der Waals surface area contributed by atoms with Crippen LogP contribution in [0.25, 0.3) is 11.1 Å². The number of alkyl halides is 2. The molecule has 0 unspecified atom stereocenters. The number of ether oxygens (including phenoxy) is 2. The van der Waals surface area contributed by atoms with Gasteiger partial charge >= 0.3 is 18.6 Å². The number of carbonyl (C=O) groups excluding carboxylic acids is 2. The molecule has 214 valence electrons. The van der Waals surface area contributed by atoms with Crippen molar-refractivity contribution in [3.05, 3.63) is 78.1 Å². The van der Waals surface area contributed by atoms with E-state index in [4.69, 9.17) is 21.7 Å². The molecule has 1 heterocycles. The highest BCUT2D eigenvalue weighted by atomic mass is 32.1. The summed E-state index contributed by atoms with van der Waals surface area (Å²) in [7, 11) is 0. The zero-order valence-electron chi connectivity index (χ0n) is 23.1. The maximum Gasteiger partial charge on any atom is 0.413 e. The molecule has 11 heteroatoms. The maximum absolute atomic E-state index is 13.7. The molecule has 0 bridgehead atoms. The highest BCUT2D eigenvalue weighted by Gasteiger charge is 2.46. The van der Waals surface area contributed by atoms with E-state index in [2.05, 4.69) is 15.7 Å². The molecule has 0 fully saturated rings. The van der Waals surface area contributed by atoms with Crippen molar-refractivity contribution in [2.24, 2.45) is 5.41 Å². The fourth-order valence-electron chi connectivity index (χ4n) is 4.19. The lowest BCUT2D eigenvalue weighted by molar-refractivity contribution is -0.157. The van der Waals surface area contributed by atoms with Gasteiger partial charge in [-0.1, -0.05) is 75.4 Å². The number of rotatable bonds is 9. The lowest BCUT2D eigenvalue weighted by Gasteiger charge is -2.39. The number of nitrogens with zero attached hydrogens (tertiary/aromatic N) is 2. The number of esters is 1. The number of benzene rings is 2. The smallest absolute Gasteiger partial charge is 0.413 e. The highest BCUT2D eigenvalue weighted by molar-refractivity contribution is 7.80. The Hall–Kier alpha value is -3.86. The molecule has 0 saturated heterocycles. The molecule has 1 aromatic heterocycles. The third-order valence-electron chi connectivity index (χ3n) is 5.75. The Morgan fingerprint density at radius 3 is 2.23 bits per heavy atom. The fraction of sp³-hybridized carbons (Fsp3) is 0.379. The van der Waals surface area contributed by atoms with Crippen LogP contribution >= 0.6 is 12.2 Å². The molecule has 0 aliphatic rings. The van der Waals surface area contributed by atoms with Crippen LogP contribution in [0.1, 0.15) is 58.7 Å². The van der Waals surface area contributed by atoms with Crippen LogP contribution in [0.3, 0.4) is 0 Å². The number of halogens is 2. The molecule has 0 aliphatic carbocycles. The predicted molar refractivity (Wildman–Crippen MR) is 151 cm³/mol. The number of thiocarbonyl (C=S) groups is 1. The average molecular weight is 573 g/mol. The molecule has 40 heavy (non-hydrogen) atoms. The van der Waals surface area contributed by atoms with Crippen LogP contribution in [0, 0.1) is 5.41 Å². The van der Waals surface area contributed by atoms with E-state index in [9.17, 15) is 18.4 Å². The number of aromatic nitrogens is 2. The Balaban J connectivity index is 1.91. The minimum absolute atomic E-state index is 0.0431. The van der Waals surface area contributed by atoms with Gasteiger partial charge in [-0.15, -0.1) is 0 Å². The first-order chi connectivity index (χ1) is 18.8. The normalized spacial score (nSPS) is 13.0. The molecule has 0 radical (unpaired) electrons. The zero-order valence-corrected chi connectivity index (χ0v) is 23.9. The van der Waals surface area contributed by atoms with Gasteiger partial charge in [0.15, 0.2) is 10.7 Å². The van der Waals surface area contributed by atoms with Gasteiger partial charge in [0.25, 0.3) is 0 Å². The third kappa shape index (κ3) is 8.32. The monoisotopic (exact) mass is 572 g/mol. The Labute approximate surface area is 238 Å². The predicted octanol–water partition coefficient (Wildman–Crippen LogP) is 6.33. The highest BCUT2D eigenvalue weighted by Crippen LogP contribution is 2.37. The van der Waals surface area contributed by atoms with E-state index < -0.39 is 35.7 Å². The number of hydrogen-bond donors (Lipinski definition) is 2. The van der Waals surface area contributed by atoms with Crippen LogP contribution in [0.15, 0.2) is 67.0 Å². The largest absolute Gasteiger partial charge is 0.461 e. The molecule has 2 aromatic carbocycles. The number of hydrogen-bond acceptors (Lipinski definition) is 6. The number of nitrogens with one attached hydrogen (secondary N) is 2. The molecule has 3 aromatic rings. The van der Waals surface area contributed by atoms with Crippen molar-refractivity contribution in [1.82, 2.24) is 20.4 Å². The van der Waals surface area contributed by atoms with Crippen molar-refractivity contribution in [2.75, 3.05) is 0 Å². The van der Waals surface area contributed by atoms with Gasteiger partial charge in [0.1, 0.15) is 6.61 Å². The number of carbonyl (C=O) groups is 2. The van der Waals surface area contributed by atoms with Gasteiger partial charge in [0.05, 0.1) is 12.3 Å². The van der Waals surface area contributed by atoms with Crippen LogP contribution in [-0.4, -0.2) is 33.1 Å². The molecule has 1 amide bonds. The van der Waals surface area contributed by atoms with Gasteiger partial charge in [-0.3, -0.25) is 5.32 Å². The Bertz CT molecular complexity index is 1310. The van der Waals surface area contributed by atoms with E-state index >= 15 is 0 Å². The van der Waals surface area contributed by atoms with E-state index in [1.54, 1.807) is 38.1 Å². The SMILES string of the molecule is CC(C)OC(=O)[C@](CC(C)(C)C)(NC(=S)NC(=O)OCc1ccccc1)c1ccc(-c2cnn(C(F)F)c2)cc1. The standard InChI is InChI=1S/C29H34F2N4O4S/c1-19(2)39-24(36)29(18-28(3,4)5,34-26(40)33-27(37)38-17-20-9-7-6-8-10-20)23-13-11-21(12-14-23)22-15-32-35(16-22)25(30)31/h6-16,19,25H,17-18H2,1-5H3,(H2,33,34,37,40)/t29-/m1/s1. The summed E-state index contributed by atoms with van der Waals surface area (Å²) in [4.78, 5) is 26.2. The molecular weight excluding hydrogens is 538 g/mol. The Morgan fingerprint density at radius 1 is 1.02 bits per heavy atom. The average Bonchev–Trinajstić information content (AvgIpc) is 3.37. The molecular formula is C29H34F2N4O4S. The Kier molecular flexibility index (Phi) is 9.97.